The normalized spacial score (nSPS) is 12.7. The molecule has 0 aliphatic rings. The second-order valence-electron chi connectivity index (χ2n) is 4.39. The van der Waals surface area contributed by atoms with Crippen LogP contribution in [0, 0.1) is 0 Å². The Balaban J connectivity index is 2.68. The fraction of sp³-hybridized carbons (Fsp3) is 0.500. The third kappa shape index (κ3) is 4.57. The standard InChI is InChI=1S/C14H20O3/c1-4-11-5-7-12(8-6-11)9-13(14(15)16)17-10(2)3/h5-8,10,13H,4,9H2,1-3H3,(H,15,16). The number of hydrogen-bond acceptors (Lipinski definition) is 2. The predicted molar refractivity (Wildman–Crippen MR) is 67.2 cm³/mol. The lowest BCUT2D eigenvalue weighted by molar-refractivity contribution is -0.153. The summed E-state index contributed by atoms with van der Waals surface area (Å²) < 4.78 is 5.37. The Kier molecular flexibility index (Phi) is 5.16. The zero-order valence-corrected chi connectivity index (χ0v) is 10.6. The molecule has 0 saturated carbocycles. The fourth-order valence-corrected chi connectivity index (χ4v) is 1.65. The molecule has 3 nitrogen and oxygen atoms in total. The molecular weight excluding hydrogens is 216 g/mol. The van der Waals surface area contributed by atoms with E-state index in [1.807, 2.05) is 38.1 Å². The molecule has 0 aliphatic carbocycles. The molecule has 0 saturated heterocycles. The van der Waals surface area contributed by atoms with Gasteiger partial charge in [-0.1, -0.05) is 31.2 Å². The minimum absolute atomic E-state index is 0.0778. The molecule has 0 amide bonds. The zero-order chi connectivity index (χ0) is 12.8. The van der Waals surface area contributed by atoms with Gasteiger partial charge in [-0.2, -0.15) is 0 Å². The maximum atomic E-state index is 11.0. The van der Waals surface area contributed by atoms with E-state index in [1.165, 1.54) is 5.56 Å². The van der Waals surface area contributed by atoms with E-state index in [0.717, 1.165) is 12.0 Å². The molecule has 0 radical (unpaired) electrons. The molecule has 0 spiro atoms. The molecule has 0 fully saturated rings. The van der Waals surface area contributed by atoms with Gasteiger partial charge in [-0.3, -0.25) is 0 Å². The number of carboxylic acids is 1. The highest BCUT2D eigenvalue weighted by Gasteiger charge is 2.19. The predicted octanol–water partition coefficient (Wildman–Crippen LogP) is 2.67. The first-order valence-electron chi connectivity index (χ1n) is 5.99. The Morgan fingerprint density at radius 3 is 2.18 bits per heavy atom. The van der Waals surface area contributed by atoms with Crippen LogP contribution in [-0.4, -0.2) is 23.3 Å². The molecule has 17 heavy (non-hydrogen) atoms. The number of carboxylic acid groups (broad SMARTS) is 1. The summed E-state index contributed by atoms with van der Waals surface area (Å²) in [7, 11) is 0. The third-order valence-corrected chi connectivity index (χ3v) is 2.56. The van der Waals surface area contributed by atoms with Crippen molar-refractivity contribution in [3.63, 3.8) is 0 Å². The van der Waals surface area contributed by atoms with E-state index in [2.05, 4.69) is 6.92 Å². The van der Waals surface area contributed by atoms with Crippen LogP contribution < -0.4 is 0 Å². The molecule has 0 heterocycles. The summed E-state index contributed by atoms with van der Waals surface area (Å²) in [5.41, 5.74) is 2.25. The van der Waals surface area contributed by atoms with E-state index in [4.69, 9.17) is 9.84 Å². The Morgan fingerprint density at radius 2 is 1.76 bits per heavy atom. The zero-order valence-electron chi connectivity index (χ0n) is 10.6. The van der Waals surface area contributed by atoms with Crippen LogP contribution in [0.2, 0.25) is 0 Å². The number of aryl methyl sites for hydroxylation is 1. The summed E-state index contributed by atoms with van der Waals surface area (Å²) in [6, 6.07) is 8.00. The summed E-state index contributed by atoms with van der Waals surface area (Å²) in [5.74, 6) is -0.904. The highest BCUT2D eigenvalue weighted by atomic mass is 16.5. The van der Waals surface area contributed by atoms with E-state index in [9.17, 15) is 4.79 Å². The summed E-state index contributed by atoms with van der Waals surface area (Å²) in [6.07, 6.45) is 0.566. The smallest absolute Gasteiger partial charge is 0.333 e. The van der Waals surface area contributed by atoms with Crippen molar-refractivity contribution in [2.75, 3.05) is 0 Å². The van der Waals surface area contributed by atoms with E-state index >= 15 is 0 Å². The van der Waals surface area contributed by atoms with Gasteiger partial charge < -0.3 is 9.84 Å². The van der Waals surface area contributed by atoms with Gasteiger partial charge in [-0.05, 0) is 31.4 Å². The molecule has 0 bridgehead atoms. The van der Waals surface area contributed by atoms with Gasteiger partial charge in [0.25, 0.3) is 0 Å². The Hall–Kier alpha value is -1.35. The summed E-state index contributed by atoms with van der Waals surface area (Å²) in [6.45, 7) is 5.78. The minimum Gasteiger partial charge on any atom is -0.479 e. The van der Waals surface area contributed by atoms with Gasteiger partial charge in [0.05, 0.1) is 6.10 Å². The molecule has 0 aromatic heterocycles. The highest BCUT2D eigenvalue weighted by molar-refractivity contribution is 5.72. The first-order valence-corrected chi connectivity index (χ1v) is 5.99. The van der Waals surface area contributed by atoms with Crippen molar-refractivity contribution in [3.05, 3.63) is 35.4 Å². The average molecular weight is 236 g/mol. The molecule has 1 aromatic carbocycles. The molecular formula is C14H20O3. The Labute approximate surface area is 102 Å². The van der Waals surface area contributed by atoms with Crippen LogP contribution in [0.1, 0.15) is 31.9 Å². The maximum Gasteiger partial charge on any atom is 0.333 e. The van der Waals surface area contributed by atoms with Crippen LogP contribution in [-0.2, 0) is 22.4 Å². The molecule has 0 aliphatic heterocycles. The van der Waals surface area contributed by atoms with E-state index in [1.54, 1.807) is 0 Å². The SMILES string of the molecule is CCc1ccc(CC(OC(C)C)C(=O)O)cc1. The average Bonchev–Trinajstić information content (AvgIpc) is 2.28. The molecule has 1 aromatic rings. The largest absolute Gasteiger partial charge is 0.479 e. The third-order valence-electron chi connectivity index (χ3n) is 2.56. The molecule has 1 unspecified atom stereocenters. The highest BCUT2D eigenvalue weighted by Crippen LogP contribution is 2.11. The van der Waals surface area contributed by atoms with Crippen molar-refractivity contribution in [2.24, 2.45) is 0 Å². The van der Waals surface area contributed by atoms with Gasteiger partial charge in [0.2, 0.25) is 0 Å². The van der Waals surface area contributed by atoms with Crippen molar-refractivity contribution < 1.29 is 14.6 Å². The van der Waals surface area contributed by atoms with E-state index in [0.29, 0.717) is 6.42 Å². The molecule has 1 rings (SSSR count). The van der Waals surface area contributed by atoms with Gasteiger partial charge >= 0.3 is 5.97 Å². The molecule has 94 valence electrons. The van der Waals surface area contributed by atoms with Crippen molar-refractivity contribution in [1.29, 1.82) is 0 Å². The van der Waals surface area contributed by atoms with Crippen LogP contribution in [0.25, 0.3) is 0 Å². The van der Waals surface area contributed by atoms with E-state index in [-0.39, 0.29) is 6.10 Å². The second kappa shape index (κ2) is 6.40. The van der Waals surface area contributed by atoms with Gasteiger partial charge in [0.15, 0.2) is 6.10 Å². The lowest BCUT2D eigenvalue weighted by Gasteiger charge is -2.16. The second-order valence-corrected chi connectivity index (χ2v) is 4.39. The van der Waals surface area contributed by atoms with Crippen LogP contribution in [0.15, 0.2) is 24.3 Å². The lowest BCUT2D eigenvalue weighted by Crippen LogP contribution is -2.29. The fourth-order valence-electron chi connectivity index (χ4n) is 1.65. The molecule has 1 atom stereocenters. The van der Waals surface area contributed by atoms with Crippen molar-refractivity contribution in [3.8, 4) is 0 Å². The quantitative estimate of drug-likeness (QED) is 0.826. The van der Waals surface area contributed by atoms with Crippen molar-refractivity contribution >= 4 is 5.97 Å². The van der Waals surface area contributed by atoms with Gasteiger partial charge in [-0.15, -0.1) is 0 Å². The van der Waals surface area contributed by atoms with Gasteiger partial charge in [0.1, 0.15) is 0 Å². The first-order chi connectivity index (χ1) is 8.02. The van der Waals surface area contributed by atoms with Crippen LogP contribution in [0.5, 0.6) is 0 Å². The summed E-state index contributed by atoms with van der Waals surface area (Å²) in [5, 5.41) is 9.06. The summed E-state index contributed by atoms with van der Waals surface area (Å²) in [4.78, 5) is 11.0. The lowest BCUT2D eigenvalue weighted by atomic mass is 10.0. The number of aliphatic carboxylic acids is 1. The van der Waals surface area contributed by atoms with Crippen LogP contribution >= 0.6 is 0 Å². The Morgan fingerprint density at radius 1 is 1.24 bits per heavy atom. The topological polar surface area (TPSA) is 46.5 Å². The number of benzene rings is 1. The maximum absolute atomic E-state index is 11.0. The van der Waals surface area contributed by atoms with E-state index < -0.39 is 12.1 Å². The van der Waals surface area contributed by atoms with Gasteiger partial charge in [0, 0.05) is 6.42 Å². The Bertz CT molecular complexity index is 354. The first kappa shape index (κ1) is 13.7. The number of ether oxygens (including phenoxy) is 1. The number of rotatable bonds is 6. The van der Waals surface area contributed by atoms with Crippen molar-refractivity contribution in [1.82, 2.24) is 0 Å². The number of carbonyl (C=O) groups is 1. The minimum atomic E-state index is -0.904. The van der Waals surface area contributed by atoms with Crippen LogP contribution in [0.3, 0.4) is 0 Å². The number of hydrogen-bond donors (Lipinski definition) is 1. The molecule has 3 heteroatoms. The van der Waals surface area contributed by atoms with Gasteiger partial charge in [-0.25, -0.2) is 4.79 Å². The van der Waals surface area contributed by atoms with Crippen LogP contribution in [0.4, 0.5) is 0 Å². The molecule has 1 N–H and O–H groups in total. The monoisotopic (exact) mass is 236 g/mol. The van der Waals surface area contributed by atoms with Crippen molar-refractivity contribution in [2.45, 2.75) is 45.8 Å². The summed E-state index contributed by atoms with van der Waals surface area (Å²) >= 11 is 0.